The fourth-order valence-electron chi connectivity index (χ4n) is 3.54. The number of aryl methyl sites for hydroxylation is 3. The van der Waals surface area contributed by atoms with Crippen LogP contribution in [0.1, 0.15) is 16.7 Å². The average molecular weight is 439 g/mol. The normalized spacial score (nSPS) is 11.1. The van der Waals surface area contributed by atoms with Crippen molar-refractivity contribution in [3.63, 3.8) is 0 Å². The van der Waals surface area contributed by atoms with Crippen molar-refractivity contribution in [2.24, 2.45) is 0 Å². The molecule has 0 saturated heterocycles. The number of benzene rings is 3. The second kappa shape index (κ2) is 9.22. The molecule has 1 amide bonds. The monoisotopic (exact) mass is 438 g/mol. The van der Waals surface area contributed by atoms with Crippen LogP contribution in [0.5, 0.6) is 5.75 Å². The molecule has 1 N–H and O–H groups in total. The standard InChI is InChI=1S/C24H26N2O4S/c1-17-14-18(2)24(19(3)15-17)25-23(27)16-26(21-12-8-9-13-22(21)30-4)31(28,29)20-10-6-5-7-11-20/h5-15H,16H2,1-4H3,(H,25,27). The quantitative estimate of drug-likeness (QED) is 0.591. The van der Waals surface area contributed by atoms with E-state index in [1.807, 2.05) is 32.9 Å². The lowest BCUT2D eigenvalue weighted by Crippen LogP contribution is -2.38. The molecule has 7 heteroatoms. The van der Waals surface area contributed by atoms with E-state index in [4.69, 9.17) is 4.74 Å². The Bertz CT molecular complexity index is 1170. The second-order valence-electron chi connectivity index (χ2n) is 7.32. The minimum Gasteiger partial charge on any atom is -0.495 e. The molecule has 0 spiro atoms. The Morgan fingerprint density at radius 2 is 1.52 bits per heavy atom. The van der Waals surface area contributed by atoms with Gasteiger partial charge in [-0.15, -0.1) is 0 Å². The minimum atomic E-state index is -4.01. The van der Waals surface area contributed by atoms with Gasteiger partial charge in [0, 0.05) is 5.69 Å². The molecule has 0 aliphatic rings. The van der Waals surface area contributed by atoms with E-state index in [-0.39, 0.29) is 4.90 Å². The fraction of sp³-hybridized carbons (Fsp3) is 0.208. The van der Waals surface area contributed by atoms with Crippen molar-refractivity contribution in [3.8, 4) is 5.75 Å². The van der Waals surface area contributed by atoms with Crippen LogP contribution in [-0.4, -0.2) is 28.0 Å². The lowest BCUT2D eigenvalue weighted by molar-refractivity contribution is -0.114. The van der Waals surface area contributed by atoms with Gasteiger partial charge in [-0.3, -0.25) is 9.10 Å². The number of hydrogen-bond donors (Lipinski definition) is 1. The van der Waals surface area contributed by atoms with E-state index in [1.165, 1.54) is 19.2 Å². The van der Waals surface area contributed by atoms with Gasteiger partial charge in [0.05, 0.1) is 17.7 Å². The summed E-state index contributed by atoms with van der Waals surface area (Å²) in [5.41, 5.74) is 3.91. The molecule has 0 saturated carbocycles. The molecule has 0 aliphatic heterocycles. The highest BCUT2D eigenvalue weighted by molar-refractivity contribution is 7.92. The van der Waals surface area contributed by atoms with Crippen molar-refractivity contribution < 1.29 is 17.9 Å². The molecule has 3 rings (SSSR count). The SMILES string of the molecule is COc1ccccc1N(CC(=O)Nc1c(C)cc(C)cc1C)S(=O)(=O)c1ccccc1. The Hall–Kier alpha value is -3.32. The summed E-state index contributed by atoms with van der Waals surface area (Å²) in [6.45, 7) is 5.41. The molecule has 6 nitrogen and oxygen atoms in total. The molecule has 0 aromatic heterocycles. The number of carbonyl (C=O) groups is 1. The van der Waals surface area contributed by atoms with Crippen molar-refractivity contribution >= 4 is 27.3 Å². The van der Waals surface area contributed by atoms with Gasteiger partial charge in [0.1, 0.15) is 12.3 Å². The highest BCUT2D eigenvalue weighted by Gasteiger charge is 2.29. The summed E-state index contributed by atoms with van der Waals surface area (Å²) < 4.78 is 33.4. The minimum absolute atomic E-state index is 0.0939. The average Bonchev–Trinajstić information content (AvgIpc) is 2.75. The maximum absolute atomic E-state index is 13.5. The van der Waals surface area contributed by atoms with Gasteiger partial charge < -0.3 is 10.1 Å². The van der Waals surface area contributed by atoms with Gasteiger partial charge in [-0.1, -0.05) is 48.0 Å². The zero-order valence-corrected chi connectivity index (χ0v) is 18.9. The lowest BCUT2D eigenvalue weighted by Gasteiger charge is -2.26. The third-order valence-electron chi connectivity index (χ3n) is 4.91. The topological polar surface area (TPSA) is 75.7 Å². The molecule has 0 heterocycles. The first-order valence-corrected chi connectivity index (χ1v) is 11.3. The molecule has 3 aromatic carbocycles. The van der Waals surface area contributed by atoms with Crippen LogP contribution in [0.2, 0.25) is 0 Å². The van der Waals surface area contributed by atoms with Crippen LogP contribution in [0.3, 0.4) is 0 Å². The van der Waals surface area contributed by atoms with Crippen molar-refractivity contribution in [1.82, 2.24) is 0 Å². The van der Waals surface area contributed by atoms with Crippen molar-refractivity contribution in [3.05, 3.63) is 83.4 Å². The summed E-state index contributed by atoms with van der Waals surface area (Å²) in [7, 11) is -2.54. The first-order valence-electron chi connectivity index (χ1n) is 9.82. The number of sulfonamides is 1. The Morgan fingerprint density at radius 3 is 2.13 bits per heavy atom. The van der Waals surface area contributed by atoms with Crippen molar-refractivity contribution in [1.29, 1.82) is 0 Å². The van der Waals surface area contributed by atoms with E-state index < -0.39 is 22.5 Å². The predicted octanol–water partition coefficient (Wildman–Crippen LogP) is 4.45. The molecule has 0 aliphatic carbocycles. The number of ether oxygens (including phenoxy) is 1. The zero-order chi connectivity index (χ0) is 22.6. The number of nitrogens with one attached hydrogen (secondary N) is 1. The Kier molecular flexibility index (Phi) is 6.65. The van der Waals surface area contributed by atoms with Gasteiger partial charge in [0.25, 0.3) is 10.0 Å². The van der Waals surface area contributed by atoms with Gasteiger partial charge >= 0.3 is 0 Å². The van der Waals surface area contributed by atoms with Crippen LogP contribution in [0, 0.1) is 20.8 Å². The molecule has 0 radical (unpaired) electrons. The summed E-state index contributed by atoms with van der Waals surface area (Å²) in [6.07, 6.45) is 0. The molecular formula is C24H26N2O4S. The van der Waals surface area contributed by atoms with E-state index in [9.17, 15) is 13.2 Å². The van der Waals surface area contributed by atoms with Crippen LogP contribution in [0.4, 0.5) is 11.4 Å². The summed E-state index contributed by atoms with van der Waals surface area (Å²) in [5, 5.41) is 2.88. The zero-order valence-electron chi connectivity index (χ0n) is 18.0. The number of rotatable bonds is 7. The molecule has 162 valence electrons. The van der Waals surface area contributed by atoms with E-state index in [1.54, 1.807) is 42.5 Å². The third kappa shape index (κ3) is 4.88. The molecular weight excluding hydrogens is 412 g/mol. The number of para-hydroxylation sites is 2. The first kappa shape index (κ1) is 22.4. The highest BCUT2D eigenvalue weighted by Crippen LogP contribution is 2.32. The van der Waals surface area contributed by atoms with Crippen LogP contribution in [0.25, 0.3) is 0 Å². The van der Waals surface area contributed by atoms with Crippen LogP contribution in [-0.2, 0) is 14.8 Å². The number of nitrogens with zero attached hydrogens (tertiary/aromatic N) is 1. The molecule has 31 heavy (non-hydrogen) atoms. The predicted molar refractivity (Wildman–Crippen MR) is 123 cm³/mol. The summed E-state index contributed by atoms with van der Waals surface area (Å²) in [5.74, 6) is -0.0852. The maximum atomic E-state index is 13.5. The maximum Gasteiger partial charge on any atom is 0.264 e. The second-order valence-corrected chi connectivity index (χ2v) is 9.18. The molecule has 0 fully saturated rings. The van der Waals surface area contributed by atoms with E-state index >= 15 is 0 Å². The van der Waals surface area contributed by atoms with Gasteiger partial charge in [-0.2, -0.15) is 0 Å². The summed E-state index contributed by atoms with van der Waals surface area (Å²) in [6, 6.07) is 18.7. The molecule has 0 bridgehead atoms. The van der Waals surface area contributed by atoms with Crippen LogP contribution in [0.15, 0.2) is 71.6 Å². The van der Waals surface area contributed by atoms with E-state index in [0.29, 0.717) is 17.1 Å². The number of hydrogen-bond acceptors (Lipinski definition) is 4. The van der Waals surface area contributed by atoms with Gasteiger partial charge in [0.2, 0.25) is 5.91 Å². The largest absolute Gasteiger partial charge is 0.495 e. The van der Waals surface area contributed by atoms with E-state index in [0.717, 1.165) is 21.0 Å². The van der Waals surface area contributed by atoms with Gasteiger partial charge in [0.15, 0.2) is 0 Å². The van der Waals surface area contributed by atoms with Gasteiger partial charge in [-0.05, 0) is 56.2 Å². The Morgan fingerprint density at radius 1 is 0.935 bits per heavy atom. The number of methoxy groups -OCH3 is 1. The van der Waals surface area contributed by atoms with Crippen LogP contribution >= 0.6 is 0 Å². The Labute approximate surface area is 183 Å². The smallest absolute Gasteiger partial charge is 0.264 e. The molecule has 0 unspecified atom stereocenters. The highest BCUT2D eigenvalue weighted by atomic mass is 32.2. The first-order chi connectivity index (χ1) is 14.7. The molecule has 0 atom stereocenters. The van der Waals surface area contributed by atoms with Gasteiger partial charge in [-0.25, -0.2) is 8.42 Å². The van der Waals surface area contributed by atoms with Crippen molar-refractivity contribution in [2.75, 3.05) is 23.3 Å². The third-order valence-corrected chi connectivity index (χ3v) is 6.69. The summed E-state index contributed by atoms with van der Waals surface area (Å²) in [4.78, 5) is 13.1. The summed E-state index contributed by atoms with van der Waals surface area (Å²) >= 11 is 0. The molecule has 3 aromatic rings. The Balaban J connectivity index is 2.01. The number of anilines is 2. The van der Waals surface area contributed by atoms with E-state index in [2.05, 4.69) is 5.32 Å². The van der Waals surface area contributed by atoms with Crippen LogP contribution < -0.4 is 14.4 Å². The van der Waals surface area contributed by atoms with Crippen molar-refractivity contribution in [2.45, 2.75) is 25.7 Å². The fourth-order valence-corrected chi connectivity index (χ4v) is 4.99. The number of carbonyl (C=O) groups excluding carboxylic acids is 1. The number of amides is 1. The lowest BCUT2D eigenvalue weighted by atomic mass is 10.1.